The van der Waals surface area contributed by atoms with E-state index in [1.807, 2.05) is 0 Å². The summed E-state index contributed by atoms with van der Waals surface area (Å²) in [6.07, 6.45) is -0.816. The van der Waals surface area contributed by atoms with E-state index in [0.29, 0.717) is 17.1 Å². The standard InChI is InChI=1S/C20H21FN2O4S/c1-13(20(26)23-17-7-5-16(6-8-17)22-14(2)24)27-19(25)11-12-28-18-9-3-15(21)4-10-18/h3-10,13H,11-12H2,1-2H3,(H,22,24)(H,23,26)/t13-/m1/s1. The van der Waals surface area contributed by atoms with Crippen molar-refractivity contribution in [2.24, 2.45) is 0 Å². The summed E-state index contributed by atoms with van der Waals surface area (Å²) in [5.41, 5.74) is 1.14. The molecule has 2 aromatic rings. The van der Waals surface area contributed by atoms with Crippen LogP contribution in [-0.2, 0) is 19.1 Å². The van der Waals surface area contributed by atoms with Crippen LogP contribution in [0.4, 0.5) is 15.8 Å². The maximum absolute atomic E-state index is 12.8. The molecule has 6 nitrogen and oxygen atoms in total. The number of hydrogen-bond acceptors (Lipinski definition) is 5. The molecule has 148 valence electrons. The Bertz CT molecular complexity index is 825. The van der Waals surface area contributed by atoms with Gasteiger partial charge in [-0.25, -0.2) is 4.39 Å². The molecule has 0 unspecified atom stereocenters. The SMILES string of the molecule is CC(=O)Nc1ccc(NC(=O)[C@@H](C)OC(=O)CCSc2ccc(F)cc2)cc1. The molecule has 0 radical (unpaired) electrons. The fraction of sp³-hybridized carbons (Fsp3) is 0.250. The number of anilines is 2. The molecule has 0 aromatic heterocycles. The molecule has 0 aliphatic heterocycles. The largest absolute Gasteiger partial charge is 0.453 e. The normalized spacial score (nSPS) is 11.4. The highest BCUT2D eigenvalue weighted by Crippen LogP contribution is 2.19. The summed E-state index contributed by atoms with van der Waals surface area (Å²) >= 11 is 1.40. The molecule has 0 spiro atoms. The van der Waals surface area contributed by atoms with Gasteiger partial charge in [0.15, 0.2) is 6.10 Å². The topological polar surface area (TPSA) is 84.5 Å². The van der Waals surface area contributed by atoms with Crippen molar-refractivity contribution in [3.63, 3.8) is 0 Å². The Balaban J connectivity index is 1.74. The van der Waals surface area contributed by atoms with Crippen LogP contribution in [0.25, 0.3) is 0 Å². The monoisotopic (exact) mass is 404 g/mol. The number of esters is 1. The van der Waals surface area contributed by atoms with Gasteiger partial charge in [0.25, 0.3) is 5.91 Å². The van der Waals surface area contributed by atoms with Gasteiger partial charge in [0.2, 0.25) is 5.91 Å². The van der Waals surface area contributed by atoms with Gasteiger partial charge in [-0.1, -0.05) is 0 Å². The number of ether oxygens (including phenoxy) is 1. The summed E-state index contributed by atoms with van der Waals surface area (Å²) in [6, 6.07) is 12.6. The second kappa shape index (κ2) is 10.5. The highest BCUT2D eigenvalue weighted by Gasteiger charge is 2.17. The third-order valence-electron chi connectivity index (χ3n) is 3.54. The van der Waals surface area contributed by atoms with Crippen LogP contribution < -0.4 is 10.6 Å². The van der Waals surface area contributed by atoms with Crippen LogP contribution in [-0.4, -0.2) is 29.6 Å². The van der Waals surface area contributed by atoms with Gasteiger partial charge in [-0.05, 0) is 55.5 Å². The Kier molecular flexibility index (Phi) is 8.01. The number of amides is 2. The van der Waals surface area contributed by atoms with E-state index in [9.17, 15) is 18.8 Å². The van der Waals surface area contributed by atoms with Crippen LogP contribution in [0, 0.1) is 5.82 Å². The maximum atomic E-state index is 12.8. The molecule has 2 N–H and O–H groups in total. The zero-order valence-electron chi connectivity index (χ0n) is 15.5. The van der Waals surface area contributed by atoms with Crippen LogP contribution >= 0.6 is 11.8 Å². The average molecular weight is 404 g/mol. The predicted molar refractivity (Wildman–Crippen MR) is 107 cm³/mol. The van der Waals surface area contributed by atoms with E-state index in [2.05, 4.69) is 10.6 Å². The summed E-state index contributed by atoms with van der Waals surface area (Å²) in [4.78, 5) is 35.9. The lowest BCUT2D eigenvalue weighted by Gasteiger charge is -2.14. The Labute approximate surface area is 166 Å². The molecule has 8 heteroatoms. The summed E-state index contributed by atoms with van der Waals surface area (Å²) in [5, 5.41) is 5.27. The van der Waals surface area contributed by atoms with Crippen LogP contribution in [0.15, 0.2) is 53.4 Å². The second-order valence-electron chi connectivity index (χ2n) is 5.93. The zero-order valence-corrected chi connectivity index (χ0v) is 16.3. The summed E-state index contributed by atoms with van der Waals surface area (Å²) in [6.45, 7) is 2.90. The summed E-state index contributed by atoms with van der Waals surface area (Å²) in [5.74, 6) is -0.975. The molecular weight excluding hydrogens is 383 g/mol. The average Bonchev–Trinajstić information content (AvgIpc) is 2.64. The fourth-order valence-corrected chi connectivity index (χ4v) is 3.01. The van der Waals surface area contributed by atoms with Gasteiger partial charge in [0, 0.05) is 28.9 Å². The van der Waals surface area contributed by atoms with Gasteiger partial charge in [0.05, 0.1) is 6.42 Å². The van der Waals surface area contributed by atoms with Crippen LogP contribution in [0.5, 0.6) is 0 Å². The maximum Gasteiger partial charge on any atom is 0.307 e. The van der Waals surface area contributed by atoms with Crippen molar-refractivity contribution in [3.05, 3.63) is 54.3 Å². The number of benzene rings is 2. The fourth-order valence-electron chi connectivity index (χ4n) is 2.18. The minimum atomic E-state index is -0.946. The number of hydrogen-bond donors (Lipinski definition) is 2. The third-order valence-corrected chi connectivity index (χ3v) is 4.55. The molecule has 0 saturated heterocycles. The quantitative estimate of drug-likeness (QED) is 0.516. The molecule has 0 aliphatic rings. The number of carbonyl (C=O) groups is 3. The molecular formula is C20H21FN2O4S. The van der Waals surface area contributed by atoms with Gasteiger partial charge in [-0.3, -0.25) is 14.4 Å². The highest BCUT2D eigenvalue weighted by molar-refractivity contribution is 7.99. The first-order valence-corrected chi connectivity index (χ1v) is 9.58. The van der Waals surface area contributed by atoms with Crippen molar-refractivity contribution in [1.29, 1.82) is 0 Å². The minimum Gasteiger partial charge on any atom is -0.453 e. The molecule has 28 heavy (non-hydrogen) atoms. The summed E-state index contributed by atoms with van der Waals surface area (Å²) in [7, 11) is 0. The van der Waals surface area contributed by atoms with E-state index >= 15 is 0 Å². The smallest absolute Gasteiger partial charge is 0.307 e. The molecule has 0 bridgehead atoms. The zero-order chi connectivity index (χ0) is 20.5. The molecule has 0 fully saturated rings. The Morgan fingerprint density at radius 1 is 1.00 bits per heavy atom. The third kappa shape index (κ3) is 7.40. The van der Waals surface area contributed by atoms with Gasteiger partial charge in [-0.2, -0.15) is 0 Å². The molecule has 0 heterocycles. The van der Waals surface area contributed by atoms with Crippen molar-refractivity contribution in [1.82, 2.24) is 0 Å². The predicted octanol–water partition coefficient (Wildman–Crippen LogP) is 3.84. The molecule has 1 atom stereocenters. The van der Waals surface area contributed by atoms with E-state index in [1.54, 1.807) is 36.4 Å². The lowest BCUT2D eigenvalue weighted by molar-refractivity contribution is -0.152. The number of halogens is 1. The number of thioether (sulfide) groups is 1. The lowest BCUT2D eigenvalue weighted by atomic mass is 10.2. The van der Waals surface area contributed by atoms with E-state index in [-0.39, 0.29) is 18.1 Å². The second-order valence-corrected chi connectivity index (χ2v) is 7.10. The van der Waals surface area contributed by atoms with Crippen molar-refractivity contribution < 1.29 is 23.5 Å². The first-order valence-electron chi connectivity index (χ1n) is 8.60. The Morgan fingerprint density at radius 2 is 1.57 bits per heavy atom. The molecule has 2 aromatic carbocycles. The van der Waals surface area contributed by atoms with Crippen molar-refractivity contribution in [3.8, 4) is 0 Å². The molecule has 2 rings (SSSR count). The van der Waals surface area contributed by atoms with E-state index in [4.69, 9.17) is 4.74 Å². The van der Waals surface area contributed by atoms with E-state index in [1.165, 1.54) is 37.7 Å². The molecule has 2 amide bonds. The van der Waals surface area contributed by atoms with Gasteiger partial charge >= 0.3 is 5.97 Å². The highest BCUT2D eigenvalue weighted by atomic mass is 32.2. The molecule has 0 saturated carbocycles. The van der Waals surface area contributed by atoms with Gasteiger partial charge in [0.1, 0.15) is 5.82 Å². The first-order chi connectivity index (χ1) is 13.3. The summed E-state index contributed by atoms with van der Waals surface area (Å²) < 4.78 is 18.0. The Hall–Kier alpha value is -2.87. The van der Waals surface area contributed by atoms with E-state index < -0.39 is 18.0 Å². The van der Waals surface area contributed by atoms with Crippen molar-refractivity contribution >= 4 is 40.9 Å². The first kappa shape index (κ1) is 21.4. The van der Waals surface area contributed by atoms with Crippen LogP contribution in [0.1, 0.15) is 20.3 Å². The van der Waals surface area contributed by atoms with E-state index in [0.717, 1.165) is 4.90 Å². The minimum absolute atomic E-state index is 0.130. The number of rotatable bonds is 8. The Morgan fingerprint density at radius 3 is 2.14 bits per heavy atom. The van der Waals surface area contributed by atoms with Gasteiger partial charge < -0.3 is 15.4 Å². The molecule has 0 aliphatic carbocycles. The lowest BCUT2D eigenvalue weighted by Crippen LogP contribution is -2.30. The van der Waals surface area contributed by atoms with Crippen molar-refractivity contribution in [2.75, 3.05) is 16.4 Å². The van der Waals surface area contributed by atoms with Gasteiger partial charge in [-0.15, -0.1) is 11.8 Å². The van der Waals surface area contributed by atoms with Crippen LogP contribution in [0.2, 0.25) is 0 Å². The van der Waals surface area contributed by atoms with Crippen LogP contribution in [0.3, 0.4) is 0 Å². The van der Waals surface area contributed by atoms with Crippen molar-refractivity contribution in [2.45, 2.75) is 31.3 Å². The number of carbonyl (C=O) groups excluding carboxylic acids is 3. The number of nitrogens with one attached hydrogen (secondary N) is 2.